The van der Waals surface area contributed by atoms with Crippen LogP contribution in [0.1, 0.15) is 140 Å². The molecule has 1 fully saturated rings. The molecule has 0 spiro atoms. The molecule has 0 radical (unpaired) electrons. The molecule has 0 bridgehead atoms. The highest BCUT2D eigenvalue weighted by atomic mass is 32.1. The normalized spacial score (nSPS) is 16.9. The summed E-state index contributed by atoms with van der Waals surface area (Å²) >= 11 is 5.82. The maximum atomic E-state index is 14.2. The summed E-state index contributed by atoms with van der Waals surface area (Å²) in [5.74, 6) is 0.105. The highest BCUT2D eigenvalue weighted by molar-refractivity contribution is 7.80. The second kappa shape index (κ2) is 22.6. The molecule has 0 aliphatic carbocycles. The van der Waals surface area contributed by atoms with Gasteiger partial charge < -0.3 is 19.5 Å². The fourth-order valence-electron chi connectivity index (χ4n) is 7.53. The van der Waals surface area contributed by atoms with E-state index < -0.39 is 18.1 Å². The molecule has 1 atom stereocenters. The molecule has 9 heteroatoms. The standard InChI is InChI=1S/C43H63N3O5S/c1-5-7-8-9-10-11-12-13-14-15-16-17-21-25-35-26-22-27-37(49-4)39(35)40-38(41(47)50-6-2)33(3)44-42(52)46(40)43(48)51-36-28-30-45(31-29-36)32-34-23-19-18-20-24-34/h18-20,22-24,26-27,36,40H,5-17,21,25,28-32H2,1-4H3,(H,44,52). The second-order valence-electron chi connectivity index (χ2n) is 14.3. The fourth-order valence-corrected chi connectivity index (χ4v) is 7.86. The number of ether oxygens (including phenoxy) is 3. The number of nitrogens with zero attached hydrogens (tertiary/aromatic N) is 2. The van der Waals surface area contributed by atoms with Gasteiger partial charge in [0.05, 0.1) is 19.3 Å². The maximum Gasteiger partial charge on any atom is 0.417 e. The lowest BCUT2D eigenvalue weighted by atomic mass is 9.88. The zero-order valence-electron chi connectivity index (χ0n) is 32.3. The third-order valence-corrected chi connectivity index (χ3v) is 10.7. The molecule has 1 unspecified atom stereocenters. The molecular weight excluding hydrogens is 671 g/mol. The number of benzene rings is 2. The Hall–Kier alpha value is -3.43. The van der Waals surface area contributed by atoms with Crippen molar-refractivity contribution in [1.82, 2.24) is 15.1 Å². The van der Waals surface area contributed by atoms with Gasteiger partial charge in [-0.15, -0.1) is 0 Å². The van der Waals surface area contributed by atoms with Crippen LogP contribution in [-0.2, 0) is 27.2 Å². The van der Waals surface area contributed by atoms with Gasteiger partial charge in [-0.05, 0) is 68.9 Å². The van der Waals surface area contributed by atoms with Crippen LogP contribution in [0.15, 0.2) is 59.8 Å². The molecule has 1 N–H and O–H groups in total. The zero-order valence-corrected chi connectivity index (χ0v) is 33.1. The van der Waals surface area contributed by atoms with Crippen molar-refractivity contribution in [3.63, 3.8) is 0 Å². The zero-order chi connectivity index (χ0) is 37.1. The van der Waals surface area contributed by atoms with E-state index in [0.29, 0.717) is 17.0 Å². The number of carbonyl (C=O) groups is 2. The molecule has 52 heavy (non-hydrogen) atoms. The van der Waals surface area contributed by atoms with Gasteiger partial charge in [-0.3, -0.25) is 4.90 Å². The Labute approximate surface area is 318 Å². The number of methoxy groups -OCH3 is 1. The Morgan fingerprint density at radius 1 is 0.827 bits per heavy atom. The third kappa shape index (κ3) is 12.3. The van der Waals surface area contributed by atoms with Crippen LogP contribution in [0.2, 0.25) is 0 Å². The number of esters is 1. The molecule has 8 nitrogen and oxygen atoms in total. The molecular formula is C43H63N3O5S. The van der Waals surface area contributed by atoms with Crippen LogP contribution in [0.5, 0.6) is 5.75 Å². The smallest absolute Gasteiger partial charge is 0.417 e. The van der Waals surface area contributed by atoms with E-state index in [2.05, 4.69) is 47.5 Å². The Bertz CT molecular complexity index is 1440. The van der Waals surface area contributed by atoms with E-state index in [1.807, 2.05) is 18.2 Å². The van der Waals surface area contributed by atoms with Gasteiger partial charge in [-0.2, -0.15) is 0 Å². The first-order valence-electron chi connectivity index (χ1n) is 20.0. The van der Waals surface area contributed by atoms with Crippen molar-refractivity contribution in [2.75, 3.05) is 26.8 Å². The molecule has 2 heterocycles. The van der Waals surface area contributed by atoms with E-state index in [1.165, 1.54) is 81.1 Å². The van der Waals surface area contributed by atoms with E-state index in [4.69, 9.17) is 26.4 Å². The third-order valence-electron chi connectivity index (χ3n) is 10.4. The average Bonchev–Trinajstić information content (AvgIpc) is 3.14. The van der Waals surface area contributed by atoms with Crippen LogP contribution in [0.25, 0.3) is 0 Å². The first-order chi connectivity index (χ1) is 25.4. The summed E-state index contributed by atoms with van der Waals surface area (Å²) in [4.78, 5) is 31.7. The van der Waals surface area contributed by atoms with Crippen molar-refractivity contribution in [1.29, 1.82) is 0 Å². The van der Waals surface area contributed by atoms with E-state index >= 15 is 0 Å². The van der Waals surface area contributed by atoms with Crippen LogP contribution >= 0.6 is 12.2 Å². The van der Waals surface area contributed by atoms with Crippen LogP contribution in [0.4, 0.5) is 4.79 Å². The lowest BCUT2D eigenvalue weighted by molar-refractivity contribution is -0.139. The first-order valence-corrected chi connectivity index (χ1v) is 20.4. The highest BCUT2D eigenvalue weighted by Crippen LogP contribution is 2.42. The maximum absolute atomic E-state index is 14.2. The van der Waals surface area contributed by atoms with Crippen LogP contribution in [-0.4, -0.2) is 59.9 Å². The number of thiocarbonyl (C=S) groups is 1. The monoisotopic (exact) mass is 733 g/mol. The highest BCUT2D eigenvalue weighted by Gasteiger charge is 2.44. The first kappa shape index (κ1) is 41.3. The summed E-state index contributed by atoms with van der Waals surface area (Å²) in [6, 6.07) is 15.5. The number of unbranched alkanes of at least 4 members (excludes halogenated alkanes) is 12. The Morgan fingerprint density at radius 3 is 2.04 bits per heavy atom. The SMILES string of the molecule is CCCCCCCCCCCCCCCc1cccc(OC)c1C1C(C(=O)OCC)=C(C)NC(=S)N1C(=O)OC1CCN(Cc2ccccc2)CC1. The molecule has 4 rings (SSSR count). The predicted molar refractivity (Wildman–Crippen MR) is 213 cm³/mol. The van der Waals surface area contributed by atoms with E-state index in [9.17, 15) is 9.59 Å². The van der Waals surface area contributed by atoms with E-state index in [0.717, 1.165) is 62.9 Å². The van der Waals surface area contributed by atoms with Crippen LogP contribution in [0.3, 0.4) is 0 Å². The number of likely N-dealkylation sites (tertiary alicyclic amines) is 1. The summed E-state index contributed by atoms with van der Waals surface area (Å²) in [6.45, 7) is 8.57. The number of hydrogen-bond acceptors (Lipinski definition) is 7. The van der Waals surface area contributed by atoms with Crippen LogP contribution in [0, 0.1) is 0 Å². The van der Waals surface area contributed by atoms with Crippen LogP contribution < -0.4 is 10.1 Å². The lowest BCUT2D eigenvalue weighted by Gasteiger charge is -2.40. The second-order valence-corrected chi connectivity index (χ2v) is 14.7. The van der Waals surface area contributed by atoms with Crippen molar-refractivity contribution in [3.8, 4) is 5.75 Å². The van der Waals surface area contributed by atoms with Crippen molar-refractivity contribution in [2.24, 2.45) is 0 Å². The van der Waals surface area contributed by atoms with Gasteiger partial charge in [0, 0.05) is 30.9 Å². The molecule has 2 aromatic rings. The number of amides is 1. The van der Waals surface area contributed by atoms with Gasteiger partial charge >= 0.3 is 12.1 Å². The number of nitrogens with one attached hydrogen (secondary N) is 1. The van der Waals surface area contributed by atoms with Crippen molar-refractivity contribution in [3.05, 3.63) is 76.5 Å². The molecule has 2 aliphatic rings. The quantitative estimate of drug-likeness (QED) is 0.0772. The number of allylic oxidation sites excluding steroid dienone is 1. The average molecular weight is 734 g/mol. The molecule has 0 saturated carbocycles. The Kier molecular flexibility index (Phi) is 18.0. The molecule has 0 aromatic heterocycles. The van der Waals surface area contributed by atoms with Gasteiger partial charge in [0.2, 0.25) is 0 Å². The van der Waals surface area contributed by atoms with E-state index in [1.54, 1.807) is 21.0 Å². The predicted octanol–water partition coefficient (Wildman–Crippen LogP) is 10.2. The van der Waals surface area contributed by atoms with Gasteiger partial charge in [0.15, 0.2) is 5.11 Å². The molecule has 2 aromatic carbocycles. The Balaban J connectivity index is 1.43. The minimum Gasteiger partial charge on any atom is -0.496 e. The van der Waals surface area contributed by atoms with Crippen molar-refractivity contribution >= 4 is 29.4 Å². The lowest BCUT2D eigenvalue weighted by Crippen LogP contribution is -2.52. The van der Waals surface area contributed by atoms with Gasteiger partial charge in [-0.1, -0.05) is 126 Å². The van der Waals surface area contributed by atoms with Gasteiger partial charge in [-0.25, -0.2) is 14.5 Å². The summed E-state index contributed by atoms with van der Waals surface area (Å²) in [5, 5.41) is 3.30. The fraction of sp³-hybridized carbons (Fsp3) is 0.605. The number of piperidine rings is 1. The van der Waals surface area contributed by atoms with Crippen molar-refractivity contribution in [2.45, 2.75) is 142 Å². The largest absolute Gasteiger partial charge is 0.496 e. The molecule has 286 valence electrons. The number of aryl methyl sites for hydroxylation is 1. The Morgan fingerprint density at radius 2 is 1.44 bits per heavy atom. The van der Waals surface area contributed by atoms with Gasteiger partial charge in [0.25, 0.3) is 0 Å². The summed E-state index contributed by atoms with van der Waals surface area (Å²) in [6.07, 6.45) is 18.1. The molecule has 1 amide bonds. The minimum atomic E-state index is -0.855. The summed E-state index contributed by atoms with van der Waals surface area (Å²) in [5.41, 5.74) is 3.94. The molecule has 1 saturated heterocycles. The molecule has 2 aliphatic heterocycles. The van der Waals surface area contributed by atoms with Gasteiger partial charge in [0.1, 0.15) is 17.9 Å². The number of rotatable bonds is 21. The van der Waals surface area contributed by atoms with Crippen molar-refractivity contribution < 1.29 is 23.8 Å². The topological polar surface area (TPSA) is 80.3 Å². The number of hydrogen-bond donors (Lipinski definition) is 1. The summed E-state index contributed by atoms with van der Waals surface area (Å²) in [7, 11) is 1.62. The minimum absolute atomic E-state index is 0.194. The summed E-state index contributed by atoms with van der Waals surface area (Å²) < 4.78 is 17.7. The number of carbonyl (C=O) groups excluding carboxylic acids is 2. The van der Waals surface area contributed by atoms with E-state index in [-0.39, 0.29) is 17.8 Å².